The zero-order valence-corrected chi connectivity index (χ0v) is 102. The molecule has 146 heavy (non-hydrogen) atoms. The zero-order valence-electron chi connectivity index (χ0n) is 99.7. The molecule has 1 radical (unpaired) electrons. The Morgan fingerprint density at radius 1 is 0.0959 bits per heavy atom. The van der Waals surface area contributed by atoms with Gasteiger partial charge < -0.3 is 59.4 Å². The van der Waals surface area contributed by atoms with Crippen molar-refractivity contribution in [3.8, 4) is 0 Å². The molecular formula is C132H258AlFeO12. The molecule has 0 aliphatic rings. The third-order valence-corrected chi connectivity index (χ3v) is 29.9. The molecule has 14 heteroatoms. The minimum absolute atomic E-state index is 0. The third-order valence-electron chi connectivity index (χ3n) is 29.9. The average Bonchev–Trinajstić information content (AvgIpc) is 1.11. The molecule has 0 aliphatic heterocycles. The normalized spacial score (nSPS) is 10.9. The van der Waals surface area contributed by atoms with Gasteiger partial charge in [-0.3, -0.25) is 0 Å². The summed E-state index contributed by atoms with van der Waals surface area (Å²) >= 11 is 0. The van der Waals surface area contributed by atoms with E-state index >= 15 is 0 Å². The van der Waals surface area contributed by atoms with Crippen LogP contribution in [-0.4, -0.2) is 53.2 Å². The third kappa shape index (κ3) is 183. The number of aliphatic carboxylic acids is 6. The quantitative estimate of drug-likeness (QED) is 0.0408. The number of carbonyl (C=O) groups excluding carboxylic acids is 6. The van der Waals surface area contributed by atoms with Gasteiger partial charge in [-0.2, -0.15) is 0 Å². The van der Waals surface area contributed by atoms with E-state index in [0.29, 0.717) is 0 Å². The number of carboxylic acids is 6. The van der Waals surface area contributed by atoms with Crippen LogP contribution in [0.15, 0.2) is 0 Å². The van der Waals surface area contributed by atoms with Gasteiger partial charge in [0.05, 0.1) is 0 Å². The molecule has 0 spiro atoms. The van der Waals surface area contributed by atoms with Crippen LogP contribution in [0.25, 0.3) is 0 Å². The van der Waals surface area contributed by atoms with Crippen molar-refractivity contribution in [2.24, 2.45) is 0 Å². The fourth-order valence-corrected chi connectivity index (χ4v) is 20.1. The number of carbonyl (C=O) groups is 6. The van der Waals surface area contributed by atoms with E-state index in [0.717, 1.165) is 77.0 Å². The van der Waals surface area contributed by atoms with Gasteiger partial charge in [-0.15, -0.1) is 0 Å². The first kappa shape index (κ1) is 159. The number of rotatable bonds is 120. The molecule has 869 valence electrons. The van der Waals surface area contributed by atoms with Crippen molar-refractivity contribution in [2.75, 3.05) is 0 Å². The van der Waals surface area contributed by atoms with Crippen molar-refractivity contribution in [3.63, 3.8) is 0 Å². The van der Waals surface area contributed by atoms with Crippen molar-refractivity contribution < 1.29 is 76.5 Å². The van der Waals surface area contributed by atoms with Gasteiger partial charge in [0.1, 0.15) is 0 Å². The smallest absolute Gasteiger partial charge is 0.550 e. The predicted octanol–water partition coefficient (Wildman–Crippen LogP) is 39.0. The maximum Gasteiger partial charge on any atom is 3.00 e. The molecule has 0 unspecified atom stereocenters. The van der Waals surface area contributed by atoms with E-state index in [9.17, 15) is 59.4 Å². The van der Waals surface area contributed by atoms with E-state index in [4.69, 9.17) is 0 Å². The zero-order chi connectivity index (χ0) is 106. The molecule has 0 N–H and O–H groups in total. The summed E-state index contributed by atoms with van der Waals surface area (Å²) in [6.45, 7) is 13.7. The molecule has 0 amide bonds. The van der Waals surface area contributed by atoms with Gasteiger partial charge in [-0.25, -0.2) is 0 Å². The van der Waals surface area contributed by atoms with Gasteiger partial charge in [-0.05, 0) is 77.0 Å². The maximum absolute atomic E-state index is 10.3. The maximum atomic E-state index is 10.3. The van der Waals surface area contributed by atoms with Gasteiger partial charge in [0.2, 0.25) is 0 Å². The van der Waals surface area contributed by atoms with E-state index in [1.165, 1.54) is 655 Å². The second-order valence-electron chi connectivity index (χ2n) is 44.9. The van der Waals surface area contributed by atoms with Crippen molar-refractivity contribution >= 4 is 53.2 Å². The Morgan fingerprint density at radius 2 is 0.137 bits per heavy atom. The summed E-state index contributed by atoms with van der Waals surface area (Å²) in [6.07, 6.45) is 154. The fraction of sp³-hybridized carbons (Fsp3) is 0.955. The molecule has 0 bridgehead atoms. The molecule has 12 nitrogen and oxygen atoms in total. The number of unbranched alkanes of at least 4 members (excludes halogenated alkanes) is 108. The molecule has 0 aromatic rings. The summed E-state index contributed by atoms with van der Waals surface area (Å²) in [5, 5.41) is 61.6. The molecule has 0 aromatic carbocycles. The Labute approximate surface area is 935 Å². The monoisotopic (exact) mass is 2120 g/mol. The Kier molecular flexibility index (Phi) is 170. The van der Waals surface area contributed by atoms with Gasteiger partial charge in [0.25, 0.3) is 0 Å². The molecule has 0 saturated heterocycles. The molecule has 0 fully saturated rings. The van der Waals surface area contributed by atoms with E-state index in [2.05, 4.69) is 41.5 Å². The molecular weight excluding hydrogens is 1860 g/mol. The minimum atomic E-state index is -0.901. The van der Waals surface area contributed by atoms with Crippen LogP contribution in [0.4, 0.5) is 0 Å². The van der Waals surface area contributed by atoms with Crippen molar-refractivity contribution in [3.05, 3.63) is 0 Å². The Morgan fingerprint density at radius 3 is 0.178 bits per heavy atom. The molecule has 0 rings (SSSR count). The number of hydrogen-bond donors (Lipinski definition) is 0. The van der Waals surface area contributed by atoms with Gasteiger partial charge in [0.15, 0.2) is 0 Å². The van der Waals surface area contributed by atoms with Crippen LogP contribution in [-0.2, 0) is 45.8 Å². The van der Waals surface area contributed by atoms with Gasteiger partial charge >= 0.3 is 34.4 Å². The SMILES string of the molecule is CCCCCCCCCCCCCCCCCCCCCC(=O)[O-].CCCCCCCCCCCCCCCCCCCCCC(=O)[O-].CCCCCCCCCCCCCCCCCCCCCC(=O)[O-].CCCCCCCCCCCCCCCCCCCCCC(=O)[O-].CCCCCCCCCCCCCCCCCCCCCC(=O)[O-].CCCCCCCCCCCCCCCCCCCCCC(=O)[O-].[Al+3].[Fe+3]. The summed E-state index contributed by atoms with van der Waals surface area (Å²) in [5.74, 6) is -5.41. The van der Waals surface area contributed by atoms with E-state index < -0.39 is 35.8 Å². The molecule has 0 saturated carbocycles. The fourth-order valence-electron chi connectivity index (χ4n) is 20.1. The number of carboxylic acid groups (broad SMARTS) is 6. The summed E-state index contributed by atoms with van der Waals surface area (Å²) < 4.78 is 0. The van der Waals surface area contributed by atoms with Crippen molar-refractivity contribution in [1.29, 1.82) is 0 Å². The molecule has 0 aromatic heterocycles. The van der Waals surface area contributed by atoms with Gasteiger partial charge in [-0.1, -0.05) is 735 Å². The minimum Gasteiger partial charge on any atom is -0.550 e. The Hall–Kier alpha value is -2.13. The van der Waals surface area contributed by atoms with Crippen molar-refractivity contribution in [2.45, 2.75) is 812 Å². The summed E-state index contributed by atoms with van der Waals surface area (Å²) in [6, 6.07) is 0. The van der Waals surface area contributed by atoms with E-state index in [1.807, 2.05) is 0 Å². The average molecular weight is 2120 g/mol. The molecule has 0 heterocycles. The van der Waals surface area contributed by atoms with E-state index in [-0.39, 0.29) is 73.0 Å². The van der Waals surface area contributed by atoms with Crippen LogP contribution >= 0.6 is 0 Å². The topological polar surface area (TPSA) is 241 Å². The first-order valence-corrected chi connectivity index (χ1v) is 65.8. The summed E-state index contributed by atoms with van der Waals surface area (Å²) in [4.78, 5) is 61.6. The second-order valence-corrected chi connectivity index (χ2v) is 44.9. The van der Waals surface area contributed by atoms with Crippen LogP contribution in [0.1, 0.15) is 812 Å². The largest absolute Gasteiger partial charge is 3.00 e. The molecule has 0 atom stereocenters. The van der Waals surface area contributed by atoms with E-state index in [1.54, 1.807) is 0 Å². The van der Waals surface area contributed by atoms with Crippen molar-refractivity contribution in [1.82, 2.24) is 0 Å². The van der Waals surface area contributed by atoms with Gasteiger partial charge in [0, 0.05) is 35.8 Å². The van der Waals surface area contributed by atoms with Crippen LogP contribution in [0.2, 0.25) is 0 Å². The first-order chi connectivity index (χ1) is 70.6. The van der Waals surface area contributed by atoms with Crippen LogP contribution in [0, 0.1) is 0 Å². The number of hydrogen-bond acceptors (Lipinski definition) is 12. The predicted molar refractivity (Wildman–Crippen MR) is 624 cm³/mol. The summed E-state index contributed by atoms with van der Waals surface area (Å²) in [7, 11) is 0. The first-order valence-electron chi connectivity index (χ1n) is 65.8. The van der Waals surface area contributed by atoms with Crippen LogP contribution < -0.4 is 30.6 Å². The molecule has 0 aliphatic carbocycles. The Bertz CT molecular complexity index is 1920. The Balaban J connectivity index is -0.000000260. The second kappa shape index (κ2) is 156. The van der Waals surface area contributed by atoms with Crippen LogP contribution in [0.5, 0.6) is 0 Å². The summed E-state index contributed by atoms with van der Waals surface area (Å²) in [5.41, 5.74) is 0. The van der Waals surface area contributed by atoms with Crippen LogP contribution in [0.3, 0.4) is 0 Å². The standard InChI is InChI=1S/6C22H44O2.Al.Fe/c6*1-2-3-4-5-6-7-8-9-10-11-12-13-14-15-16-17-18-19-20-21-22(23)24;;/h6*2-21H2,1H3,(H,23,24);;/q;;;;;;2*+3/p-6.